The lowest BCUT2D eigenvalue weighted by atomic mass is 9.99. The summed E-state index contributed by atoms with van der Waals surface area (Å²) < 4.78 is 5.98. The van der Waals surface area contributed by atoms with E-state index in [1.807, 2.05) is 19.1 Å². The molecule has 20 heavy (non-hydrogen) atoms. The van der Waals surface area contributed by atoms with Crippen LogP contribution in [0.4, 0.5) is 5.69 Å². The molecule has 0 aliphatic carbocycles. The van der Waals surface area contributed by atoms with E-state index in [9.17, 15) is 0 Å². The van der Waals surface area contributed by atoms with E-state index in [4.69, 9.17) is 10.5 Å². The number of hydrogen-bond acceptors (Lipinski definition) is 2. The molecule has 0 unspecified atom stereocenters. The third-order valence-corrected chi connectivity index (χ3v) is 3.51. The minimum Gasteiger partial charge on any atom is -0.493 e. The van der Waals surface area contributed by atoms with Crippen molar-refractivity contribution in [2.24, 2.45) is 0 Å². The van der Waals surface area contributed by atoms with Gasteiger partial charge in [0.1, 0.15) is 5.75 Å². The maximum Gasteiger partial charge on any atom is 0.123 e. The summed E-state index contributed by atoms with van der Waals surface area (Å²) in [6.07, 6.45) is 0.918. The molecule has 0 saturated carbocycles. The van der Waals surface area contributed by atoms with Gasteiger partial charge < -0.3 is 10.5 Å². The van der Waals surface area contributed by atoms with Gasteiger partial charge in [-0.1, -0.05) is 44.2 Å². The van der Waals surface area contributed by atoms with Crippen molar-refractivity contribution >= 4 is 5.69 Å². The molecular weight excluding hydrogens is 246 g/mol. The van der Waals surface area contributed by atoms with Crippen LogP contribution in [0.25, 0.3) is 0 Å². The topological polar surface area (TPSA) is 35.2 Å². The molecule has 0 radical (unpaired) electrons. The molecule has 0 aliphatic rings. The highest BCUT2D eigenvalue weighted by molar-refractivity contribution is 5.55. The van der Waals surface area contributed by atoms with Gasteiger partial charge in [0.2, 0.25) is 0 Å². The summed E-state index contributed by atoms with van der Waals surface area (Å²) in [6, 6.07) is 14.5. The predicted molar refractivity (Wildman–Crippen MR) is 85.3 cm³/mol. The Morgan fingerprint density at radius 2 is 1.80 bits per heavy atom. The molecule has 0 spiro atoms. The lowest BCUT2D eigenvalue weighted by molar-refractivity contribution is 0.317. The second-order valence-electron chi connectivity index (χ2n) is 5.49. The first-order chi connectivity index (χ1) is 9.58. The van der Waals surface area contributed by atoms with E-state index in [-0.39, 0.29) is 0 Å². The first-order valence-corrected chi connectivity index (χ1v) is 7.14. The molecule has 0 amide bonds. The quantitative estimate of drug-likeness (QED) is 0.820. The van der Waals surface area contributed by atoms with Crippen molar-refractivity contribution < 1.29 is 4.74 Å². The SMILES string of the molecule is Cc1cc(OCCc2ccccc2)c(C(C)C)cc1N. The summed E-state index contributed by atoms with van der Waals surface area (Å²) in [5, 5.41) is 0. The third-order valence-electron chi connectivity index (χ3n) is 3.51. The van der Waals surface area contributed by atoms with E-state index in [1.54, 1.807) is 0 Å². The Balaban J connectivity index is 2.07. The monoisotopic (exact) mass is 269 g/mol. The fourth-order valence-electron chi connectivity index (χ4n) is 2.22. The molecule has 0 aliphatic heterocycles. The van der Waals surface area contributed by atoms with Crippen LogP contribution < -0.4 is 10.5 Å². The van der Waals surface area contributed by atoms with Gasteiger partial charge in [-0.2, -0.15) is 0 Å². The highest BCUT2D eigenvalue weighted by Crippen LogP contribution is 2.31. The minimum atomic E-state index is 0.407. The molecule has 106 valence electrons. The fourth-order valence-corrected chi connectivity index (χ4v) is 2.22. The highest BCUT2D eigenvalue weighted by Gasteiger charge is 2.10. The van der Waals surface area contributed by atoms with Crippen LogP contribution in [0.5, 0.6) is 5.75 Å². The van der Waals surface area contributed by atoms with Crippen LogP contribution >= 0.6 is 0 Å². The molecule has 2 N–H and O–H groups in total. The second-order valence-corrected chi connectivity index (χ2v) is 5.49. The zero-order valence-electron chi connectivity index (χ0n) is 12.5. The molecule has 2 rings (SSSR count). The van der Waals surface area contributed by atoms with Crippen LogP contribution in [0.3, 0.4) is 0 Å². The molecule has 0 bridgehead atoms. The molecule has 0 fully saturated rings. The average Bonchev–Trinajstić information content (AvgIpc) is 2.43. The van der Waals surface area contributed by atoms with Gasteiger partial charge in [0.15, 0.2) is 0 Å². The van der Waals surface area contributed by atoms with Crippen LogP contribution in [-0.4, -0.2) is 6.61 Å². The van der Waals surface area contributed by atoms with E-state index in [2.05, 4.69) is 44.2 Å². The molecule has 2 nitrogen and oxygen atoms in total. The number of ether oxygens (including phenoxy) is 1. The normalized spacial score (nSPS) is 10.8. The molecule has 0 aromatic heterocycles. The zero-order chi connectivity index (χ0) is 14.5. The summed E-state index contributed by atoms with van der Waals surface area (Å²) in [5.74, 6) is 1.37. The lowest BCUT2D eigenvalue weighted by Crippen LogP contribution is -2.05. The Morgan fingerprint density at radius 3 is 2.45 bits per heavy atom. The summed E-state index contributed by atoms with van der Waals surface area (Å²) in [7, 11) is 0. The van der Waals surface area contributed by atoms with Crippen LogP contribution in [0.1, 0.15) is 36.5 Å². The molecule has 2 aromatic carbocycles. The van der Waals surface area contributed by atoms with Crippen LogP contribution in [0, 0.1) is 6.92 Å². The lowest BCUT2D eigenvalue weighted by Gasteiger charge is -2.16. The van der Waals surface area contributed by atoms with E-state index >= 15 is 0 Å². The van der Waals surface area contributed by atoms with Crippen molar-refractivity contribution in [2.45, 2.75) is 33.1 Å². The first-order valence-electron chi connectivity index (χ1n) is 7.14. The Kier molecular flexibility index (Phi) is 4.67. The maximum absolute atomic E-state index is 5.99. The van der Waals surface area contributed by atoms with E-state index < -0.39 is 0 Å². The smallest absolute Gasteiger partial charge is 0.123 e. The zero-order valence-corrected chi connectivity index (χ0v) is 12.5. The van der Waals surface area contributed by atoms with Gasteiger partial charge in [-0.3, -0.25) is 0 Å². The molecule has 0 saturated heterocycles. The molecular formula is C18H23NO. The number of nitrogens with two attached hydrogens (primary N) is 1. The molecule has 2 aromatic rings. The van der Waals surface area contributed by atoms with E-state index in [0.29, 0.717) is 12.5 Å². The van der Waals surface area contributed by atoms with E-state index in [1.165, 1.54) is 11.1 Å². The fraction of sp³-hybridized carbons (Fsp3) is 0.333. The van der Waals surface area contributed by atoms with Crippen LogP contribution in [-0.2, 0) is 6.42 Å². The van der Waals surface area contributed by atoms with Crippen molar-refractivity contribution in [1.82, 2.24) is 0 Å². The number of rotatable bonds is 5. The van der Waals surface area contributed by atoms with Crippen molar-refractivity contribution in [2.75, 3.05) is 12.3 Å². The van der Waals surface area contributed by atoms with Gasteiger partial charge in [0.05, 0.1) is 6.61 Å². The highest BCUT2D eigenvalue weighted by atomic mass is 16.5. The second kappa shape index (κ2) is 6.47. The summed E-state index contributed by atoms with van der Waals surface area (Å²) in [4.78, 5) is 0. The van der Waals surface area contributed by atoms with Gasteiger partial charge in [0.25, 0.3) is 0 Å². The number of nitrogen functional groups attached to an aromatic ring is 1. The van der Waals surface area contributed by atoms with Crippen molar-refractivity contribution in [3.63, 3.8) is 0 Å². The van der Waals surface area contributed by atoms with Crippen LogP contribution in [0.15, 0.2) is 42.5 Å². The Morgan fingerprint density at radius 1 is 1.10 bits per heavy atom. The minimum absolute atomic E-state index is 0.407. The van der Waals surface area contributed by atoms with Gasteiger partial charge >= 0.3 is 0 Å². The standard InChI is InChI=1S/C18H23NO/c1-13(2)16-12-17(19)14(3)11-18(16)20-10-9-15-7-5-4-6-8-15/h4-8,11-13H,9-10,19H2,1-3H3. The third kappa shape index (κ3) is 3.53. The van der Waals surface area contributed by atoms with Crippen molar-refractivity contribution in [3.8, 4) is 5.75 Å². The van der Waals surface area contributed by atoms with Crippen molar-refractivity contribution in [1.29, 1.82) is 0 Å². The number of anilines is 1. The van der Waals surface area contributed by atoms with Crippen LogP contribution in [0.2, 0.25) is 0 Å². The summed E-state index contributed by atoms with van der Waals surface area (Å²) in [5.41, 5.74) is 10.4. The Hall–Kier alpha value is -1.96. The maximum atomic E-state index is 5.99. The summed E-state index contributed by atoms with van der Waals surface area (Å²) in [6.45, 7) is 7.03. The summed E-state index contributed by atoms with van der Waals surface area (Å²) >= 11 is 0. The first kappa shape index (κ1) is 14.4. The van der Waals surface area contributed by atoms with Gasteiger partial charge in [-0.25, -0.2) is 0 Å². The largest absolute Gasteiger partial charge is 0.493 e. The number of benzene rings is 2. The molecule has 0 atom stereocenters. The van der Waals surface area contributed by atoms with E-state index in [0.717, 1.165) is 23.4 Å². The number of aryl methyl sites for hydroxylation is 1. The molecule has 0 heterocycles. The van der Waals surface area contributed by atoms with Gasteiger partial charge in [0, 0.05) is 12.1 Å². The van der Waals surface area contributed by atoms with Gasteiger partial charge in [-0.05, 0) is 41.7 Å². The van der Waals surface area contributed by atoms with Crippen molar-refractivity contribution in [3.05, 3.63) is 59.2 Å². The number of hydrogen-bond donors (Lipinski definition) is 1. The Labute approximate surface area is 121 Å². The predicted octanol–water partition coefficient (Wildman–Crippen LogP) is 4.32. The Bertz CT molecular complexity index is 561. The molecule has 2 heteroatoms. The average molecular weight is 269 g/mol. The van der Waals surface area contributed by atoms with Gasteiger partial charge in [-0.15, -0.1) is 0 Å².